The maximum Gasteiger partial charge on any atom is 0.258 e. The van der Waals surface area contributed by atoms with Gasteiger partial charge in [-0.15, -0.1) is 10.2 Å². The van der Waals surface area contributed by atoms with Crippen molar-refractivity contribution in [2.24, 2.45) is 0 Å². The van der Waals surface area contributed by atoms with Crippen LogP contribution in [0.25, 0.3) is 27.4 Å². The summed E-state index contributed by atoms with van der Waals surface area (Å²) in [5, 5.41) is 21.9. The van der Waals surface area contributed by atoms with Gasteiger partial charge < -0.3 is 0 Å². The second kappa shape index (κ2) is 7.57. The van der Waals surface area contributed by atoms with Gasteiger partial charge in [0, 0.05) is 28.8 Å². The number of thiophene rings is 1. The lowest BCUT2D eigenvalue weighted by molar-refractivity contribution is 0.102. The molecule has 0 atom stereocenters. The van der Waals surface area contributed by atoms with Gasteiger partial charge in [-0.25, -0.2) is 9.97 Å². The molecule has 0 aromatic carbocycles. The third-order valence-corrected chi connectivity index (χ3v) is 6.92. The Kier molecular flexibility index (Phi) is 4.54. The molecule has 1 fully saturated rings. The lowest BCUT2D eigenvalue weighted by Gasteiger charge is -2.08. The lowest BCUT2D eigenvalue weighted by atomic mass is 10.1. The minimum Gasteiger partial charge on any atom is -0.296 e. The van der Waals surface area contributed by atoms with Gasteiger partial charge in [-0.05, 0) is 49.4 Å². The average Bonchev–Trinajstić information content (AvgIpc) is 3.19. The summed E-state index contributed by atoms with van der Waals surface area (Å²) >= 11 is 2.95. The SMILES string of the molecule is Cc1nn(-c2ccccn2)c2nc(C3CC3)cc(C(=O)Nc3nnc(-c4ccsc4)s3)c12. The maximum absolute atomic E-state index is 13.4. The van der Waals surface area contributed by atoms with Crippen LogP contribution in [0.4, 0.5) is 5.13 Å². The molecule has 0 bridgehead atoms. The summed E-state index contributed by atoms with van der Waals surface area (Å²) in [6.07, 6.45) is 3.88. The molecule has 158 valence electrons. The van der Waals surface area contributed by atoms with Crippen molar-refractivity contribution in [2.75, 3.05) is 5.32 Å². The highest BCUT2D eigenvalue weighted by atomic mass is 32.1. The molecule has 1 saturated carbocycles. The number of fused-ring (bicyclic) bond motifs is 1. The summed E-state index contributed by atoms with van der Waals surface area (Å²) in [4.78, 5) is 22.7. The van der Waals surface area contributed by atoms with Gasteiger partial charge in [0.1, 0.15) is 5.01 Å². The van der Waals surface area contributed by atoms with Gasteiger partial charge in [0.05, 0.1) is 16.6 Å². The van der Waals surface area contributed by atoms with E-state index in [1.165, 1.54) is 11.3 Å². The van der Waals surface area contributed by atoms with E-state index in [2.05, 4.69) is 25.6 Å². The molecule has 0 saturated heterocycles. The van der Waals surface area contributed by atoms with Crippen molar-refractivity contribution in [1.29, 1.82) is 0 Å². The van der Waals surface area contributed by atoms with Crippen molar-refractivity contribution in [1.82, 2.24) is 29.9 Å². The van der Waals surface area contributed by atoms with Crippen LogP contribution < -0.4 is 5.32 Å². The number of nitrogens with one attached hydrogen (secondary N) is 1. The number of hydrogen-bond acceptors (Lipinski definition) is 8. The Morgan fingerprint density at radius 2 is 2.12 bits per heavy atom. The van der Waals surface area contributed by atoms with Crippen molar-refractivity contribution < 1.29 is 4.79 Å². The highest BCUT2D eigenvalue weighted by Crippen LogP contribution is 2.41. The second-order valence-electron chi connectivity index (χ2n) is 7.63. The van der Waals surface area contributed by atoms with Crippen LogP contribution in [0.15, 0.2) is 47.3 Å². The van der Waals surface area contributed by atoms with Crippen LogP contribution in [0.3, 0.4) is 0 Å². The Labute approximate surface area is 191 Å². The first-order valence-electron chi connectivity index (χ1n) is 10.2. The van der Waals surface area contributed by atoms with Crippen molar-refractivity contribution in [3.63, 3.8) is 0 Å². The molecule has 0 spiro atoms. The van der Waals surface area contributed by atoms with Gasteiger partial charge >= 0.3 is 0 Å². The molecular formula is C22H17N7OS2. The van der Waals surface area contributed by atoms with E-state index in [4.69, 9.17) is 4.98 Å². The standard InChI is InChI=1S/C22H17N7OS2/c1-12-18-15(20(30)25-22-27-26-21(32-22)14-7-9-31-11-14)10-16(13-5-6-13)24-19(18)29(28-12)17-4-2-3-8-23-17/h2-4,7-11,13H,5-6H2,1H3,(H,25,27,30). The van der Waals surface area contributed by atoms with E-state index in [1.54, 1.807) is 22.2 Å². The van der Waals surface area contributed by atoms with Crippen LogP contribution in [-0.2, 0) is 0 Å². The summed E-state index contributed by atoms with van der Waals surface area (Å²) in [5.74, 6) is 0.808. The van der Waals surface area contributed by atoms with Gasteiger partial charge in [0.15, 0.2) is 11.5 Å². The number of carbonyl (C=O) groups excluding carboxylic acids is 1. The monoisotopic (exact) mass is 459 g/mol. The first kappa shape index (κ1) is 19.2. The molecule has 1 aliphatic carbocycles. The molecule has 5 aromatic heterocycles. The van der Waals surface area contributed by atoms with E-state index in [-0.39, 0.29) is 5.91 Å². The van der Waals surface area contributed by atoms with E-state index in [1.807, 2.05) is 48.0 Å². The Bertz CT molecular complexity index is 1440. The number of aryl methyl sites for hydroxylation is 1. The quantitative estimate of drug-likeness (QED) is 0.404. The Balaban J connectivity index is 1.43. The van der Waals surface area contributed by atoms with Crippen molar-refractivity contribution in [3.05, 3.63) is 64.2 Å². The molecule has 0 radical (unpaired) electrons. The molecule has 5 heterocycles. The number of rotatable bonds is 5. The number of aromatic nitrogens is 6. The zero-order valence-corrected chi connectivity index (χ0v) is 18.7. The zero-order chi connectivity index (χ0) is 21.7. The first-order valence-corrected chi connectivity index (χ1v) is 11.9. The average molecular weight is 460 g/mol. The predicted octanol–water partition coefficient (Wildman–Crippen LogP) is 4.83. The molecule has 10 heteroatoms. The van der Waals surface area contributed by atoms with Gasteiger partial charge in [-0.3, -0.25) is 10.1 Å². The van der Waals surface area contributed by atoms with E-state index in [9.17, 15) is 4.79 Å². The third-order valence-electron chi connectivity index (χ3n) is 5.35. The van der Waals surface area contributed by atoms with Gasteiger partial charge in [-0.1, -0.05) is 17.4 Å². The number of anilines is 1. The molecule has 0 aliphatic heterocycles. The van der Waals surface area contributed by atoms with Crippen LogP contribution in [0.5, 0.6) is 0 Å². The third kappa shape index (κ3) is 3.37. The molecule has 1 aliphatic rings. The summed E-state index contributed by atoms with van der Waals surface area (Å²) < 4.78 is 1.72. The highest BCUT2D eigenvalue weighted by molar-refractivity contribution is 7.19. The Morgan fingerprint density at radius 3 is 2.88 bits per heavy atom. The van der Waals surface area contributed by atoms with Gasteiger partial charge in [0.25, 0.3) is 5.91 Å². The van der Waals surface area contributed by atoms with E-state index in [0.29, 0.717) is 28.1 Å². The second-order valence-corrected chi connectivity index (χ2v) is 9.39. The fraction of sp³-hybridized carbons (Fsp3) is 0.182. The molecule has 32 heavy (non-hydrogen) atoms. The molecule has 8 nitrogen and oxygen atoms in total. The number of pyridine rings is 2. The van der Waals surface area contributed by atoms with Crippen LogP contribution in [0, 0.1) is 6.92 Å². The molecule has 1 N–H and O–H groups in total. The van der Waals surface area contributed by atoms with Gasteiger partial charge in [-0.2, -0.15) is 21.1 Å². The molecule has 6 rings (SSSR count). The molecular weight excluding hydrogens is 442 g/mol. The van der Waals surface area contributed by atoms with Crippen molar-refractivity contribution >= 4 is 44.7 Å². The molecule has 5 aromatic rings. The van der Waals surface area contributed by atoms with E-state index in [0.717, 1.165) is 40.2 Å². The van der Waals surface area contributed by atoms with E-state index >= 15 is 0 Å². The summed E-state index contributed by atoms with van der Waals surface area (Å²) in [6.45, 7) is 1.89. The number of hydrogen-bond donors (Lipinski definition) is 1. The highest BCUT2D eigenvalue weighted by Gasteiger charge is 2.29. The van der Waals surface area contributed by atoms with Crippen LogP contribution in [0.1, 0.15) is 40.5 Å². The number of amides is 1. The smallest absolute Gasteiger partial charge is 0.258 e. The summed E-state index contributed by atoms with van der Waals surface area (Å²) in [7, 11) is 0. The first-order chi connectivity index (χ1) is 15.7. The van der Waals surface area contributed by atoms with Crippen LogP contribution in [-0.4, -0.2) is 35.9 Å². The van der Waals surface area contributed by atoms with Crippen molar-refractivity contribution in [2.45, 2.75) is 25.7 Å². The Hall–Kier alpha value is -3.50. The van der Waals surface area contributed by atoms with Crippen LogP contribution in [0.2, 0.25) is 0 Å². The van der Waals surface area contributed by atoms with E-state index < -0.39 is 0 Å². The topological polar surface area (TPSA) is 98.5 Å². The Morgan fingerprint density at radius 1 is 1.22 bits per heavy atom. The maximum atomic E-state index is 13.4. The summed E-state index contributed by atoms with van der Waals surface area (Å²) in [5.41, 5.74) is 3.83. The minimum absolute atomic E-state index is 0.240. The lowest BCUT2D eigenvalue weighted by Crippen LogP contribution is -2.13. The van der Waals surface area contributed by atoms with Gasteiger partial charge in [0.2, 0.25) is 5.13 Å². The molecule has 0 unspecified atom stereocenters. The minimum atomic E-state index is -0.240. The fourth-order valence-electron chi connectivity index (χ4n) is 3.66. The normalized spacial score (nSPS) is 13.5. The molecule has 1 amide bonds. The number of nitrogens with zero attached hydrogens (tertiary/aromatic N) is 6. The van der Waals surface area contributed by atoms with Crippen molar-refractivity contribution in [3.8, 4) is 16.4 Å². The summed E-state index contributed by atoms with van der Waals surface area (Å²) in [6, 6.07) is 9.53. The van der Waals surface area contributed by atoms with Crippen LogP contribution >= 0.6 is 22.7 Å². The largest absolute Gasteiger partial charge is 0.296 e. The fourth-order valence-corrected chi connectivity index (χ4v) is 5.11. The predicted molar refractivity (Wildman–Crippen MR) is 125 cm³/mol. The number of carbonyl (C=O) groups is 1. The zero-order valence-electron chi connectivity index (χ0n) is 17.0.